The molecule has 0 aliphatic rings. The Morgan fingerprint density at radius 3 is 2.62 bits per heavy atom. The molecule has 0 saturated heterocycles. The first-order chi connectivity index (χ1) is 13.4. The fraction of sp³-hybridized carbons (Fsp3) is 0.263. The van der Waals surface area contributed by atoms with Gasteiger partial charge in [-0.3, -0.25) is 19.8 Å². The van der Waals surface area contributed by atoms with Gasteiger partial charge in [-0.25, -0.2) is 4.98 Å². The maximum absolute atomic E-state index is 13.2. The predicted molar refractivity (Wildman–Crippen MR) is 122 cm³/mol. The average Bonchev–Trinajstić information content (AvgIpc) is 3.10. The first-order valence-electron chi connectivity index (χ1n) is 8.54. The molecule has 1 heterocycles. The lowest BCUT2D eigenvalue weighted by atomic mass is 10.2. The summed E-state index contributed by atoms with van der Waals surface area (Å²) in [4.78, 5) is 33.1. The van der Waals surface area contributed by atoms with Crippen molar-refractivity contribution in [2.75, 3.05) is 38.3 Å². The van der Waals surface area contributed by atoms with E-state index in [2.05, 4.69) is 4.98 Å². The van der Waals surface area contributed by atoms with Gasteiger partial charge in [-0.15, -0.1) is 24.2 Å². The molecule has 0 atom stereocenters. The Balaban J connectivity index is 0.00000300. The molecule has 0 N–H and O–H groups in total. The van der Waals surface area contributed by atoms with Crippen molar-refractivity contribution in [3.8, 4) is 0 Å². The van der Waals surface area contributed by atoms with E-state index < -0.39 is 4.92 Å². The van der Waals surface area contributed by atoms with Crippen LogP contribution in [0.1, 0.15) is 10.4 Å². The van der Waals surface area contributed by atoms with E-state index in [0.717, 1.165) is 4.90 Å². The number of thiazole rings is 1. The summed E-state index contributed by atoms with van der Waals surface area (Å²) in [5, 5.41) is 11.6. The van der Waals surface area contributed by atoms with Crippen molar-refractivity contribution in [1.29, 1.82) is 0 Å². The van der Waals surface area contributed by atoms with Crippen LogP contribution in [-0.2, 0) is 0 Å². The molecule has 3 aromatic rings. The minimum absolute atomic E-state index is 0. The fourth-order valence-corrected chi connectivity index (χ4v) is 4.11. The predicted octanol–water partition coefficient (Wildman–Crippen LogP) is 4.56. The smallest absolute Gasteiger partial charge is 0.270 e. The average molecular weight is 453 g/mol. The number of nitro groups is 1. The van der Waals surface area contributed by atoms with Gasteiger partial charge in [0.1, 0.15) is 0 Å². The first-order valence-corrected chi connectivity index (χ1v) is 10.6. The van der Waals surface area contributed by atoms with Crippen LogP contribution in [0.15, 0.2) is 47.4 Å². The zero-order chi connectivity index (χ0) is 20.3. The number of benzene rings is 2. The molecule has 0 aliphatic heterocycles. The van der Waals surface area contributed by atoms with Crippen LogP contribution >= 0.6 is 35.5 Å². The number of carbonyl (C=O) groups is 1. The van der Waals surface area contributed by atoms with Crippen LogP contribution < -0.4 is 4.90 Å². The third kappa shape index (κ3) is 5.45. The molecule has 0 unspecified atom stereocenters. The molecule has 0 bridgehead atoms. The molecule has 0 aliphatic carbocycles. The van der Waals surface area contributed by atoms with Crippen LogP contribution in [0, 0.1) is 10.1 Å². The number of carbonyl (C=O) groups excluding carboxylic acids is 1. The Labute approximate surface area is 183 Å². The van der Waals surface area contributed by atoms with Gasteiger partial charge in [0.2, 0.25) is 0 Å². The molecular weight excluding hydrogens is 432 g/mol. The summed E-state index contributed by atoms with van der Waals surface area (Å²) in [5.74, 6) is -0.133. The van der Waals surface area contributed by atoms with Crippen LogP contribution in [-0.4, -0.2) is 54.2 Å². The van der Waals surface area contributed by atoms with Crippen molar-refractivity contribution in [2.45, 2.75) is 4.90 Å². The molecule has 29 heavy (non-hydrogen) atoms. The van der Waals surface area contributed by atoms with E-state index in [1.165, 1.54) is 23.5 Å². The van der Waals surface area contributed by atoms with E-state index in [4.69, 9.17) is 0 Å². The van der Waals surface area contributed by atoms with Crippen LogP contribution in [0.2, 0.25) is 0 Å². The summed E-state index contributed by atoms with van der Waals surface area (Å²) in [5.41, 5.74) is 1.25. The van der Waals surface area contributed by atoms with E-state index in [-0.39, 0.29) is 24.0 Å². The fourth-order valence-electron chi connectivity index (χ4n) is 2.63. The number of fused-ring (bicyclic) bond motifs is 1. The lowest BCUT2D eigenvalue weighted by Crippen LogP contribution is -2.36. The molecule has 0 radical (unpaired) electrons. The number of likely N-dealkylation sites (N-methyl/N-ethyl adjacent to an activating group) is 1. The highest BCUT2D eigenvalue weighted by molar-refractivity contribution is 7.98. The second-order valence-electron chi connectivity index (χ2n) is 6.40. The molecule has 0 saturated carbocycles. The molecule has 1 aromatic heterocycles. The van der Waals surface area contributed by atoms with E-state index in [9.17, 15) is 14.9 Å². The van der Waals surface area contributed by atoms with Crippen molar-refractivity contribution in [2.24, 2.45) is 0 Å². The molecule has 3 rings (SSSR count). The van der Waals surface area contributed by atoms with Crippen molar-refractivity contribution >= 4 is 62.4 Å². The number of non-ortho nitro benzene ring substituents is 1. The number of hydrogen-bond donors (Lipinski definition) is 0. The Kier molecular flexibility index (Phi) is 7.97. The summed E-state index contributed by atoms with van der Waals surface area (Å²) in [7, 11) is 3.89. The van der Waals surface area contributed by atoms with Gasteiger partial charge in [0.15, 0.2) is 5.13 Å². The largest absolute Gasteiger partial charge is 0.308 e. The second kappa shape index (κ2) is 10.0. The minimum atomic E-state index is -0.429. The van der Waals surface area contributed by atoms with Crippen LogP contribution in [0.3, 0.4) is 0 Å². The number of aromatic nitrogens is 1. The molecule has 7 nitrogen and oxygen atoms in total. The zero-order valence-corrected chi connectivity index (χ0v) is 18.6. The number of hydrogen-bond acceptors (Lipinski definition) is 7. The minimum Gasteiger partial charge on any atom is -0.308 e. The quantitative estimate of drug-likeness (QED) is 0.297. The van der Waals surface area contributed by atoms with Gasteiger partial charge in [0, 0.05) is 35.7 Å². The SMILES string of the molecule is CSc1cccc(C(=O)N(CCN(C)C)c2nc3ccc([N+](=O)[O-])cc3s2)c1.Cl. The van der Waals surface area contributed by atoms with Gasteiger partial charge >= 0.3 is 0 Å². The summed E-state index contributed by atoms with van der Waals surface area (Å²) in [6.45, 7) is 1.14. The second-order valence-corrected chi connectivity index (χ2v) is 8.29. The number of thioether (sulfide) groups is 1. The summed E-state index contributed by atoms with van der Waals surface area (Å²) < 4.78 is 0.685. The molecule has 0 spiro atoms. The number of rotatable bonds is 7. The highest BCUT2D eigenvalue weighted by Crippen LogP contribution is 2.32. The highest BCUT2D eigenvalue weighted by atomic mass is 35.5. The maximum atomic E-state index is 13.2. The lowest BCUT2D eigenvalue weighted by molar-refractivity contribution is -0.384. The van der Waals surface area contributed by atoms with E-state index >= 15 is 0 Å². The van der Waals surface area contributed by atoms with Crippen LogP contribution in [0.5, 0.6) is 0 Å². The van der Waals surface area contributed by atoms with Gasteiger partial charge in [-0.1, -0.05) is 17.4 Å². The van der Waals surface area contributed by atoms with E-state index in [0.29, 0.717) is 34.0 Å². The maximum Gasteiger partial charge on any atom is 0.270 e. The third-order valence-electron chi connectivity index (χ3n) is 4.14. The van der Waals surface area contributed by atoms with Crippen LogP contribution in [0.4, 0.5) is 10.8 Å². The number of halogens is 1. The standard InChI is InChI=1S/C19H20N4O3S2.ClH/c1-21(2)9-10-22(18(24)13-5-4-6-15(11-13)27-3)19-20-16-8-7-14(23(25)26)12-17(16)28-19;/h4-8,11-12H,9-10H2,1-3H3;1H. The van der Waals surface area contributed by atoms with Crippen molar-refractivity contribution in [3.05, 3.63) is 58.1 Å². The van der Waals surface area contributed by atoms with Crippen molar-refractivity contribution in [3.63, 3.8) is 0 Å². The number of nitrogens with zero attached hydrogens (tertiary/aromatic N) is 4. The monoisotopic (exact) mass is 452 g/mol. The van der Waals surface area contributed by atoms with Crippen molar-refractivity contribution in [1.82, 2.24) is 9.88 Å². The van der Waals surface area contributed by atoms with Gasteiger partial charge in [-0.2, -0.15) is 0 Å². The summed E-state index contributed by atoms with van der Waals surface area (Å²) in [6.07, 6.45) is 1.97. The Morgan fingerprint density at radius 1 is 1.21 bits per heavy atom. The highest BCUT2D eigenvalue weighted by Gasteiger charge is 2.22. The lowest BCUT2D eigenvalue weighted by Gasteiger charge is -2.22. The van der Waals surface area contributed by atoms with Gasteiger partial charge in [0.25, 0.3) is 11.6 Å². The summed E-state index contributed by atoms with van der Waals surface area (Å²) >= 11 is 2.87. The third-order valence-corrected chi connectivity index (χ3v) is 5.90. The Bertz CT molecular complexity index is 1030. The Morgan fingerprint density at radius 2 is 1.97 bits per heavy atom. The van der Waals surface area contributed by atoms with E-state index in [1.54, 1.807) is 28.8 Å². The summed E-state index contributed by atoms with van der Waals surface area (Å²) in [6, 6.07) is 12.0. The molecule has 10 heteroatoms. The topological polar surface area (TPSA) is 79.6 Å². The molecular formula is C19H21ClN4O3S2. The van der Waals surface area contributed by atoms with Crippen molar-refractivity contribution < 1.29 is 9.72 Å². The normalized spacial score (nSPS) is 10.8. The Hall–Kier alpha value is -2.20. The molecule has 2 aromatic carbocycles. The number of nitro benzene ring substituents is 1. The first kappa shape index (κ1) is 23.1. The van der Waals surface area contributed by atoms with Crippen LogP contribution in [0.25, 0.3) is 10.2 Å². The molecule has 154 valence electrons. The van der Waals surface area contributed by atoms with Gasteiger partial charge < -0.3 is 4.90 Å². The number of anilines is 1. The molecule has 0 fully saturated rings. The van der Waals surface area contributed by atoms with Gasteiger partial charge in [0.05, 0.1) is 15.1 Å². The number of amides is 1. The molecule has 1 amide bonds. The zero-order valence-electron chi connectivity index (χ0n) is 16.2. The van der Waals surface area contributed by atoms with E-state index in [1.807, 2.05) is 43.5 Å². The van der Waals surface area contributed by atoms with Gasteiger partial charge in [-0.05, 0) is 44.6 Å².